The molecule has 208 valence electrons. The molecule has 0 N–H and O–H groups in total. The number of para-hydroxylation sites is 2. The van der Waals surface area contributed by atoms with Crippen LogP contribution in [-0.4, -0.2) is 24.9 Å². The Morgan fingerprint density at radius 2 is 0.956 bits per heavy atom. The highest BCUT2D eigenvalue weighted by atomic mass is 32.1. The highest BCUT2D eigenvalue weighted by molar-refractivity contribution is 7.78. The number of hydrogen-bond acceptors (Lipinski definition) is 6. The van der Waals surface area contributed by atoms with Crippen molar-refractivity contribution >= 4 is 89.7 Å². The maximum Gasteiger partial charge on any atom is 0.209 e. The van der Waals surface area contributed by atoms with Gasteiger partial charge in [-0.05, 0) is 64.5 Å². The molecule has 5 nitrogen and oxygen atoms in total. The first-order valence-corrected chi connectivity index (χ1v) is 15.2. The van der Waals surface area contributed by atoms with Crippen molar-refractivity contribution in [2.45, 2.75) is 0 Å². The van der Waals surface area contributed by atoms with E-state index in [1.807, 2.05) is 0 Å². The molecule has 0 unspecified atom stereocenters. The number of isothiocyanates is 2. The van der Waals surface area contributed by atoms with Gasteiger partial charge in [0.25, 0.3) is 0 Å². The molecule has 0 saturated heterocycles. The Kier molecular flexibility index (Phi) is 5.69. The van der Waals surface area contributed by atoms with Crippen LogP contribution in [-0.2, 0) is 0 Å². The van der Waals surface area contributed by atoms with Crippen molar-refractivity contribution in [2.24, 2.45) is 9.98 Å². The van der Waals surface area contributed by atoms with Crippen molar-refractivity contribution in [1.29, 1.82) is 0 Å². The minimum absolute atomic E-state index is 0.276. The molecule has 7 heteroatoms. The van der Waals surface area contributed by atoms with Crippen LogP contribution < -0.4 is 0 Å². The van der Waals surface area contributed by atoms with Gasteiger partial charge in [-0.25, -0.2) is 9.97 Å². The molecule has 0 bridgehead atoms. The Morgan fingerprint density at radius 3 is 1.60 bits per heavy atom. The van der Waals surface area contributed by atoms with Gasteiger partial charge in [0.05, 0.1) is 38.4 Å². The Morgan fingerprint density at radius 1 is 0.467 bits per heavy atom. The van der Waals surface area contributed by atoms with Crippen LogP contribution in [0, 0.1) is 0 Å². The van der Waals surface area contributed by atoms with Crippen molar-refractivity contribution in [3.63, 3.8) is 0 Å². The second-order valence-corrected chi connectivity index (χ2v) is 11.3. The molecule has 6 aromatic carbocycles. The average molecular weight is 610 g/mol. The van der Waals surface area contributed by atoms with Gasteiger partial charge in [0.15, 0.2) is 0 Å². The minimum Gasteiger partial charge on any atom is -0.309 e. The summed E-state index contributed by atoms with van der Waals surface area (Å²) in [5, 5.41) is 11.8. The molecule has 45 heavy (non-hydrogen) atoms. The molecular formula is C38H19N5S2. The number of nitrogens with zero attached hydrogens (tertiary/aromatic N) is 5. The lowest BCUT2D eigenvalue weighted by molar-refractivity contribution is 1.18. The van der Waals surface area contributed by atoms with Gasteiger partial charge >= 0.3 is 0 Å². The van der Waals surface area contributed by atoms with E-state index in [2.05, 4.69) is 140 Å². The molecule has 0 radical (unpaired) electrons. The first-order valence-electron chi connectivity index (χ1n) is 14.4. The van der Waals surface area contributed by atoms with E-state index >= 15 is 0 Å². The smallest absolute Gasteiger partial charge is 0.209 e. The minimum atomic E-state index is 0.276. The van der Waals surface area contributed by atoms with Crippen LogP contribution in [0.15, 0.2) is 125 Å². The average Bonchev–Trinajstić information content (AvgIpc) is 3.58. The van der Waals surface area contributed by atoms with E-state index in [1.54, 1.807) is 0 Å². The van der Waals surface area contributed by atoms with Crippen molar-refractivity contribution in [3.8, 4) is 39.3 Å². The quantitative estimate of drug-likeness (QED) is 0.147. The normalized spacial score (nSPS) is 11.6. The Bertz CT molecular complexity index is 2570. The summed E-state index contributed by atoms with van der Waals surface area (Å²) in [7, 11) is 0. The third-order valence-electron chi connectivity index (χ3n) is 8.73. The Labute approximate surface area is 267 Å². The van der Waals surface area contributed by atoms with E-state index in [0.29, 0.717) is 0 Å². The van der Waals surface area contributed by atoms with E-state index in [9.17, 15) is 0 Å². The molecule has 0 fully saturated rings. The molecule has 0 atom stereocenters. The zero-order valence-corrected chi connectivity index (χ0v) is 25.2. The molecular weight excluding hydrogens is 591 g/mol. The molecule has 0 spiro atoms. The van der Waals surface area contributed by atoms with Gasteiger partial charge in [-0.2, -0.15) is 9.98 Å². The van der Waals surface area contributed by atoms with Crippen LogP contribution in [0.5, 0.6) is 0 Å². The summed E-state index contributed by atoms with van der Waals surface area (Å²) in [6, 6.07) is 41.0. The Balaban J connectivity index is 1.30. The lowest BCUT2D eigenvalue weighted by Crippen LogP contribution is -1.96. The number of benzene rings is 6. The molecule has 2 heterocycles. The molecule has 2 aromatic heterocycles. The van der Waals surface area contributed by atoms with Gasteiger partial charge in [-0.15, -0.1) is 0 Å². The molecule has 0 amide bonds. The largest absolute Gasteiger partial charge is 0.309 e. The van der Waals surface area contributed by atoms with Crippen molar-refractivity contribution in [1.82, 2.24) is 14.5 Å². The summed E-state index contributed by atoms with van der Waals surface area (Å²) in [4.78, 5) is 17.8. The topological polar surface area (TPSA) is 55.4 Å². The third kappa shape index (κ3) is 3.67. The highest BCUT2D eigenvalue weighted by Gasteiger charge is 2.28. The fourth-order valence-electron chi connectivity index (χ4n) is 6.96. The van der Waals surface area contributed by atoms with Gasteiger partial charge in [-0.1, -0.05) is 97.1 Å². The maximum absolute atomic E-state index is 4.86. The van der Waals surface area contributed by atoms with Crippen LogP contribution in [0.2, 0.25) is 0 Å². The number of aliphatic imine (C=N–C) groups is 2. The van der Waals surface area contributed by atoms with E-state index in [1.165, 1.54) is 32.6 Å². The predicted octanol–water partition coefficient (Wildman–Crippen LogP) is 10.7. The fraction of sp³-hybridized carbons (Fsp3) is 0. The number of aromatic nitrogens is 3. The maximum atomic E-state index is 4.86. The van der Waals surface area contributed by atoms with Gasteiger partial charge in [0.2, 0.25) is 11.6 Å². The summed E-state index contributed by atoms with van der Waals surface area (Å²) < 4.78 is 2.39. The molecule has 8 aromatic rings. The lowest BCUT2D eigenvalue weighted by atomic mass is 9.91. The van der Waals surface area contributed by atoms with Crippen molar-refractivity contribution in [3.05, 3.63) is 115 Å². The Hall–Kier alpha value is -5.68. The molecule has 1 aliphatic carbocycles. The van der Waals surface area contributed by atoms with E-state index in [4.69, 9.17) is 34.4 Å². The number of thiocarbonyl (C=S) groups is 2. The van der Waals surface area contributed by atoms with Gasteiger partial charge in [-0.3, -0.25) is 0 Å². The molecule has 9 rings (SSSR count). The monoisotopic (exact) mass is 609 g/mol. The third-order valence-corrected chi connectivity index (χ3v) is 8.91. The summed E-state index contributed by atoms with van der Waals surface area (Å²) in [6.45, 7) is 0. The lowest BCUT2D eigenvalue weighted by Gasteiger charge is -2.16. The highest BCUT2D eigenvalue weighted by Crippen LogP contribution is 2.50. The van der Waals surface area contributed by atoms with Crippen LogP contribution in [0.4, 0.5) is 11.6 Å². The summed E-state index contributed by atoms with van der Waals surface area (Å²) in [6.07, 6.45) is 0. The number of fused-ring (bicyclic) bond motifs is 7. The van der Waals surface area contributed by atoms with Crippen LogP contribution in [0.1, 0.15) is 0 Å². The standard InChI is InChI=1S/C38H19N5S2/c44-20-39-37-38(40-21-45)42-36-30-17-16-24(28-12-7-13-29(34(28)30)35(36)41-37)23-18-19-33(25-9-2-1-8-22(23)25)43-31-14-5-3-10-26(31)27-11-4-6-15-32(27)43/h1-19H. The second kappa shape index (κ2) is 9.93. The van der Waals surface area contributed by atoms with Gasteiger partial charge < -0.3 is 4.57 Å². The first-order chi connectivity index (χ1) is 22.3. The number of hydrogen-bond donors (Lipinski definition) is 0. The number of rotatable bonds is 4. The van der Waals surface area contributed by atoms with Gasteiger partial charge in [0.1, 0.15) is 0 Å². The first kappa shape index (κ1) is 25.8. The van der Waals surface area contributed by atoms with Crippen LogP contribution in [0.3, 0.4) is 0 Å². The van der Waals surface area contributed by atoms with E-state index in [-0.39, 0.29) is 11.6 Å². The zero-order chi connectivity index (χ0) is 30.1. The molecule has 0 saturated carbocycles. The predicted molar refractivity (Wildman–Crippen MR) is 191 cm³/mol. The fourth-order valence-corrected chi connectivity index (χ4v) is 7.13. The molecule has 1 aliphatic rings. The molecule has 0 aliphatic heterocycles. The van der Waals surface area contributed by atoms with Crippen molar-refractivity contribution in [2.75, 3.05) is 0 Å². The SMILES string of the molecule is S=C=Nc1nc2c(nc1N=C=S)-c1ccc(-c3ccc(-n4c5ccccc5c5ccccc54)c4ccccc34)c3cccc-2c13. The van der Waals surface area contributed by atoms with Crippen molar-refractivity contribution < 1.29 is 0 Å². The van der Waals surface area contributed by atoms with Crippen LogP contribution in [0.25, 0.3) is 82.7 Å². The zero-order valence-electron chi connectivity index (χ0n) is 23.5. The summed E-state index contributed by atoms with van der Waals surface area (Å²) in [5.74, 6) is 0.551. The second-order valence-electron chi connectivity index (χ2n) is 10.9. The summed E-state index contributed by atoms with van der Waals surface area (Å²) in [5.41, 5.74) is 9.31. The van der Waals surface area contributed by atoms with Gasteiger partial charge in [0, 0.05) is 32.7 Å². The van der Waals surface area contributed by atoms with Crippen LogP contribution >= 0.6 is 24.4 Å². The van der Waals surface area contributed by atoms with E-state index in [0.717, 1.165) is 50.1 Å². The van der Waals surface area contributed by atoms with E-state index < -0.39 is 0 Å². The summed E-state index contributed by atoms with van der Waals surface area (Å²) >= 11 is 9.71.